The minimum absolute atomic E-state index is 0.530. The molecular weight excluding hydrogens is 258 g/mol. The van der Waals surface area contributed by atoms with Crippen LogP contribution in [0.25, 0.3) is 0 Å². The lowest BCUT2D eigenvalue weighted by atomic mass is 9.82. The predicted octanol–water partition coefficient (Wildman–Crippen LogP) is 3.56. The van der Waals surface area contributed by atoms with Crippen molar-refractivity contribution in [2.45, 2.75) is 12.0 Å². The summed E-state index contributed by atoms with van der Waals surface area (Å²) in [6, 6.07) is 23.6. The van der Waals surface area contributed by atoms with Crippen molar-refractivity contribution in [1.29, 1.82) is 0 Å². The van der Waals surface area contributed by atoms with E-state index in [2.05, 4.69) is 4.98 Å². The molecule has 0 saturated heterocycles. The highest BCUT2D eigenvalue weighted by Crippen LogP contribution is 2.32. The minimum Gasteiger partial charge on any atom is -0.380 e. The Balaban J connectivity index is 2.07. The zero-order valence-electron chi connectivity index (χ0n) is 11.7. The van der Waals surface area contributed by atoms with Crippen molar-refractivity contribution in [2.24, 2.45) is 0 Å². The van der Waals surface area contributed by atoms with Gasteiger partial charge in [-0.1, -0.05) is 60.7 Å². The fraction of sp³-hybridized carbons (Fsp3) is 0.105. The van der Waals surface area contributed by atoms with Crippen LogP contribution in [0.2, 0.25) is 0 Å². The van der Waals surface area contributed by atoms with E-state index in [1.807, 2.05) is 72.8 Å². The van der Waals surface area contributed by atoms with E-state index in [0.717, 1.165) is 16.7 Å². The molecule has 1 N–H and O–H groups in total. The number of hydrogen-bond donors (Lipinski definition) is 1. The van der Waals surface area contributed by atoms with Crippen LogP contribution in [-0.2, 0) is 12.0 Å². The van der Waals surface area contributed by atoms with Gasteiger partial charge < -0.3 is 5.11 Å². The second-order valence-electron chi connectivity index (χ2n) is 5.12. The Hall–Kier alpha value is -2.45. The van der Waals surface area contributed by atoms with Crippen molar-refractivity contribution in [2.75, 3.05) is 0 Å². The summed E-state index contributed by atoms with van der Waals surface area (Å²) in [7, 11) is 0. The van der Waals surface area contributed by atoms with Crippen LogP contribution < -0.4 is 0 Å². The number of aliphatic hydroxyl groups is 1. The van der Waals surface area contributed by atoms with E-state index in [4.69, 9.17) is 0 Å². The lowest BCUT2D eigenvalue weighted by Gasteiger charge is -2.29. The molecule has 21 heavy (non-hydrogen) atoms. The molecule has 0 aliphatic carbocycles. The number of rotatable bonds is 4. The maximum absolute atomic E-state index is 11.4. The first-order valence-corrected chi connectivity index (χ1v) is 7.01. The molecule has 0 aliphatic heterocycles. The summed E-state index contributed by atoms with van der Waals surface area (Å²) in [5, 5.41) is 11.4. The molecule has 0 amide bonds. The number of pyridine rings is 1. The van der Waals surface area contributed by atoms with E-state index in [9.17, 15) is 5.11 Å². The molecule has 2 aromatic carbocycles. The summed E-state index contributed by atoms with van der Waals surface area (Å²) in [6.07, 6.45) is 3.96. The average molecular weight is 275 g/mol. The van der Waals surface area contributed by atoms with E-state index in [1.54, 1.807) is 12.4 Å². The number of nitrogens with zero attached hydrogens (tertiary/aromatic N) is 1. The number of aromatic nitrogens is 1. The van der Waals surface area contributed by atoms with Crippen molar-refractivity contribution in [3.8, 4) is 0 Å². The van der Waals surface area contributed by atoms with E-state index in [-0.39, 0.29) is 0 Å². The highest BCUT2D eigenvalue weighted by molar-refractivity contribution is 5.37. The lowest BCUT2D eigenvalue weighted by Crippen LogP contribution is -2.30. The molecule has 1 heterocycles. The molecule has 3 rings (SSSR count). The Kier molecular flexibility index (Phi) is 3.80. The third kappa shape index (κ3) is 2.86. The second kappa shape index (κ2) is 5.90. The summed E-state index contributed by atoms with van der Waals surface area (Å²) in [5.74, 6) is 0. The predicted molar refractivity (Wildman–Crippen MR) is 83.8 cm³/mol. The molecule has 2 heteroatoms. The largest absolute Gasteiger partial charge is 0.380 e. The smallest absolute Gasteiger partial charge is 0.119 e. The van der Waals surface area contributed by atoms with Gasteiger partial charge in [-0.3, -0.25) is 4.98 Å². The molecule has 3 aromatic rings. The molecule has 0 unspecified atom stereocenters. The van der Waals surface area contributed by atoms with E-state index in [0.29, 0.717) is 6.42 Å². The Morgan fingerprint density at radius 3 is 1.86 bits per heavy atom. The first-order valence-electron chi connectivity index (χ1n) is 7.01. The molecule has 1 aromatic heterocycles. The van der Waals surface area contributed by atoms with Gasteiger partial charge in [-0.2, -0.15) is 0 Å². The molecule has 0 radical (unpaired) electrons. The molecule has 2 nitrogen and oxygen atoms in total. The topological polar surface area (TPSA) is 33.1 Å². The van der Waals surface area contributed by atoms with Crippen molar-refractivity contribution < 1.29 is 5.11 Å². The Labute approximate surface area is 124 Å². The van der Waals surface area contributed by atoms with Crippen molar-refractivity contribution in [3.63, 3.8) is 0 Å². The highest BCUT2D eigenvalue weighted by atomic mass is 16.3. The summed E-state index contributed by atoms with van der Waals surface area (Å²) in [5.41, 5.74) is 1.79. The minimum atomic E-state index is -1.05. The Morgan fingerprint density at radius 1 is 0.714 bits per heavy atom. The van der Waals surface area contributed by atoms with Crippen LogP contribution in [0.5, 0.6) is 0 Å². The standard InChI is InChI=1S/C19H17NO/c21-19(17-9-5-2-6-10-17,18-11-13-20-14-12-18)15-16-7-3-1-4-8-16/h1-14,21H,15H2/t19-/m1/s1. The van der Waals surface area contributed by atoms with Crippen LogP contribution in [0.4, 0.5) is 0 Å². The molecule has 0 saturated carbocycles. The van der Waals surface area contributed by atoms with Gasteiger partial charge in [0.15, 0.2) is 0 Å². The average Bonchev–Trinajstić information content (AvgIpc) is 2.57. The van der Waals surface area contributed by atoms with Crippen LogP contribution in [0.3, 0.4) is 0 Å². The molecule has 0 aliphatic rings. The van der Waals surface area contributed by atoms with E-state index in [1.165, 1.54) is 0 Å². The zero-order valence-corrected chi connectivity index (χ0v) is 11.7. The van der Waals surface area contributed by atoms with Crippen LogP contribution >= 0.6 is 0 Å². The van der Waals surface area contributed by atoms with Gasteiger partial charge in [0.2, 0.25) is 0 Å². The van der Waals surface area contributed by atoms with E-state index < -0.39 is 5.60 Å². The van der Waals surface area contributed by atoms with Crippen LogP contribution in [0.15, 0.2) is 85.2 Å². The fourth-order valence-corrected chi connectivity index (χ4v) is 2.60. The van der Waals surface area contributed by atoms with Crippen molar-refractivity contribution in [1.82, 2.24) is 4.98 Å². The van der Waals surface area contributed by atoms with Gasteiger partial charge in [0.05, 0.1) is 0 Å². The van der Waals surface area contributed by atoms with Gasteiger partial charge in [0.1, 0.15) is 5.60 Å². The summed E-state index contributed by atoms with van der Waals surface area (Å²) in [4.78, 5) is 4.05. The number of hydrogen-bond acceptors (Lipinski definition) is 2. The maximum atomic E-state index is 11.4. The first kappa shape index (κ1) is 13.5. The molecule has 0 spiro atoms. The molecular formula is C19H17NO. The third-order valence-corrected chi connectivity index (χ3v) is 3.71. The van der Waals surface area contributed by atoms with Crippen LogP contribution in [0.1, 0.15) is 16.7 Å². The molecule has 1 atom stereocenters. The molecule has 0 fully saturated rings. The second-order valence-corrected chi connectivity index (χ2v) is 5.12. The first-order chi connectivity index (χ1) is 10.3. The van der Waals surface area contributed by atoms with Crippen molar-refractivity contribution >= 4 is 0 Å². The van der Waals surface area contributed by atoms with Gasteiger partial charge in [0, 0.05) is 18.8 Å². The molecule has 104 valence electrons. The Morgan fingerprint density at radius 2 is 1.24 bits per heavy atom. The van der Waals surface area contributed by atoms with Gasteiger partial charge in [-0.25, -0.2) is 0 Å². The van der Waals surface area contributed by atoms with Crippen LogP contribution in [-0.4, -0.2) is 10.1 Å². The van der Waals surface area contributed by atoms with Gasteiger partial charge in [-0.05, 0) is 28.8 Å². The van der Waals surface area contributed by atoms with Crippen LogP contribution in [0, 0.1) is 0 Å². The monoisotopic (exact) mass is 275 g/mol. The zero-order chi connectivity index (χ0) is 14.5. The Bertz CT molecular complexity index is 641. The quantitative estimate of drug-likeness (QED) is 0.789. The van der Waals surface area contributed by atoms with Gasteiger partial charge in [-0.15, -0.1) is 0 Å². The normalized spacial score (nSPS) is 13.6. The highest BCUT2D eigenvalue weighted by Gasteiger charge is 2.31. The van der Waals surface area contributed by atoms with Gasteiger partial charge in [0.25, 0.3) is 0 Å². The van der Waals surface area contributed by atoms with E-state index >= 15 is 0 Å². The fourth-order valence-electron chi connectivity index (χ4n) is 2.60. The SMILES string of the molecule is O[C@](Cc1ccccc1)(c1ccccc1)c1ccncc1. The third-order valence-electron chi connectivity index (χ3n) is 3.71. The van der Waals surface area contributed by atoms with Crippen molar-refractivity contribution in [3.05, 3.63) is 102 Å². The van der Waals surface area contributed by atoms with Gasteiger partial charge >= 0.3 is 0 Å². The maximum Gasteiger partial charge on any atom is 0.119 e. The molecule has 0 bridgehead atoms. The summed E-state index contributed by atoms with van der Waals surface area (Å²) < 4.78 is 0. The summed E-state index contributed by atoms with van der Waals surface area (Å²) in [6.45, 7) is 0. The summed E-state index contributed by atoms with van der Waals surface area (Å²) >= 11 is 0. The lowest BCUT2D eigenvalue weighted by molar-refractivity contribution is 0.0810. The number of benzene rings is 2.